The molecule has 0 saturated heterocycles. The van der Waals surface area contributed by atoms with Crippen molar-refractivity contribution in [2.24, 2.45) is 0 Å². The lowest BCUT2D eigenvalue weighted by molar-refractivity contribution is 0.398. The molecule has 5 nitrogen and oxygen atoms in total. The van der Waals surface area contributed by atoms with Crippen molar-refractivity contribution in [2.45, 2.75) is 6.54 Å². The Morgan fingerprint density at radius 1 is 1.35 bits per heavy atom. The van der Waals surface area contributed by atoms with E-state index in [1.54, 1.807) is 18.2 Å². The van der Waals surface area contributed by atoms with Gasteiger partial charge in [0.25, 0.3) is 0 Å². The Kier molecular flexibility index (Phi) is 3.60. The third kappa shape index (κ3) is 2.92. The Hall–Kier alpha value is -1.63. The Morgan fingerprint density at radius 2 is 2.20 bits per heavy atom. The number of nitrogens with one attached hydrogen (secondary N) is 1. The van der Waals surface area contributed by atoms with Gasteiger partial charge in [-0.05, 0) is 32.3 Å². The maximum atomic E-state index is 5.92. The van der Waals surface area contributed by atoms with E-state index < -0.39 is 0 Å². The molecule has 0 saturated carbocycles. The van der Waals surface area contributed by atoms with Crippen LogP contribution in [0, 0.1) is 0 Å². The van der Waals surface area contributed by atoms with Gasteiger partial charge in [-0.1, -0.05) is 11.6 Å². The summed E-state index contributed by atoms with van der Waals surface area (Å²) in [4.78, 5) is 10.9. The zero-order chi connectivity index (χ0) is 14.1. The maximum Gasteiger partial charge on any atom is 0.302 e. The van der Waals surface area contributed by atoms with E-state index in [4.69, 9.17) is 16.0 Å². The van der Waals surface area contributed by atoms with E-state index in [9.17, 15) is 0 Å². The van der Waals surface area contributed by atoms with Crippen LogP contribution in [0.15, 0.2) is 28.0 Å². The molecule has 3 rings (SSSR count). The fourth-order valence-electron chi connectivity index (χ4n) is 1.81. The first kappa shape index (κ1) is 13.4. The van der Waals surface area contributed by atoms with Crippen LogP contribution < -0.4 is 5.32 Å². The highest BCUT2D eigenvalue weighted by atomic mass is 35.5. The van der Waals surface area contributed by atoms with Gasteiger partial charge in [0.2, 0.25) is 0 Å². The maximum absolute atomic E-state index is 5.92. The third-order valence-corrected chi connectivity index (χ3v) is 3.64. The first-order valence-corrected chi connectivity index (χ1v) is 7.28. The zero-order valence-corrected chi connectivity index (χ0v) is 12.6. The second-order valence-corrected chi connectivity index (χ2v) is 5.93. The average molecular weight is 309 g/mol. The molecule has 0 amide bonds. The summed E-state index contributed by atoms with van der Waals surface area (Å²) in [6, 6.07) is 5.77. The molecule has 0 unspecified atom stereocenters. The quantitative estimate of drug-likeness (QED) is 0.795. The van der Waals surface area contributed by atoms with E-state index in [1.165, 1.54) is 11.3 Å². The molecule has 3 aromatic rings. The number of thiazole rings is 1. The molecular weight excluding hydrogens is 296 g/mol. The smallest absolute Gasteiger partial charge is 0.302 e. The van der Waals surface area contributed by atoms with Crippen molar-refractivity contribution in [3.05, 3.63) is 34.3 Å². The number of oxazole rings is 1. The van der Waals surface area contributed by atoms with Crippen LogP contribution in [0.2, 0.25) is 5.02 Å². The second-order valence-electron chi connectivity index (χ2n) is 4.64. The summed E-state index contributed by atoms with van der Waals surface area (Å²) < 4.78 is 5.59. The van der Waals surface area contributed by atoms with Crippen LogP contribution in [-0.4, -0.2) is 29.0 Å². The fourth-order valence-corrected chi connectivity index (χ4v) is 2.66. The molecule has 0 bridgehead atoms. The molecule has 104 valence electrons. The molecule has 0 aliphatic heterocycles. The Labute approximate surface area is 125 Å². The van der Waals surface area contributed by atoms with Crippen LogP contribution in [0.1, 0.15) is 5.69 Å². The van der Waals surface area contributed by atoms with E-state index in [1.807, 2.05) is 19.5 Å². The normalized spacial score (nSPS) is 11.4. The zero-order valence-electron chi connectivity index (χ0n) is 11.1. The molecule has 0 fully saturated rings. The van der Waals surface area contributed by atoms with Crippen molar-refractivity contribution in [2.75, 3.05) is 19.4 Å². The van der Waals surface area contributed by atoms with Crippen LogP contribution in [0.25, 0.3) is 11.1 Å². The summed E-state index contributed by atoms with van der Waals surface area (Å²) >= 11 is 7.45. The molecule has 0 radical (unpaired) electrons. The highest BCUT2D eigenvalue weighted by Gasteiger charge is 2.09. The van der Waals surface area contributed by atoms with E-state index in [0.29, 0.717) is 16.6 Å². The molecule has 0 aliphatic rings. The van der Waals surface area contributed by atoms with Crippen molar-refractivity contribution < 1.29 is 4.42 Å². The molecule has 0 spiro atoms. The topological polar surface area (TPSA) is 54.2 Å². The highest BCUT2D eigenvalue weighted by Crippen LogP contribution is 2.26. The van der Waals surface area contributed by atoms with Gasteiger partial charge in [0.05, 0.1) is 5.69 Å². The molecule has 2 heterocycles. The first-order valence-electron chi connectivity index (χ1n) is 6.02. The van der Waals surface area contributed by atoms with E-state index >= 15 is 0 Å². The average Bonchev–Trinajstić information content (AvgIpc) is 2.95. The van der Waals surface area contributed by atoms with Crippen molar-refractivity contribution in [3.63, 3.8) is 0 Å². The number of nitrogens with zero attached hydrogens (tertiary/aromatic N) is 3. The van der Waals surface area contributed by atoms with Crippen molar-refractivity contribution in [1.29, 1.82) is 0 Å². The Bertz CT molecular complexity index is 737. The molecule has 1 N–H and O–H groups in total. The lowest BCUT2D eigenvalue weighted by atomic mass is 10.3. The Balaban J connectivity index is 1.80. The predicted octanol–water partition coefficient (Wildman–Crippen LogP) is 3.74. The number of benzene rings is 1. The predicted molar refractivity (Wildman–Crippen MR) is 81.8 cm³/mol. The fraction of sp³-hybridized carbons (Fsp3) is 0.231. The van der Waals surface area contributed by atoms with Crippen LogP contribution in [0.4, 0.5) is 11.1 Å². The van der Waals surface area contributed by atoms with E-state index in [0.717, 1.165) is 22.9 Å². The first-order chi connectivity index (χ1) is 9.60. The number of anilines is 2. The molecule has 0 aliphatic carbocycles. The van der Waals surface area contributed by atoms with E-state index in [-0.39, 0.29) is 0 Å². The molecule has 7 heteroatoms. The molecule has 20 heavy (non-hydrogen) atoms. The summed E-state index contributed by atoms with van der Waals surface area (Å²) in [6.45, 7) is 0.807. The van der Waals surface area contributed by atoms with Crippen LogP contribution in [0.3, 0.4) is 0 Å². The standard InChI is InChI=1S/C13H13ClN4OS/c1-18(2)6-9-7-20-13(15-9)17-12-16-10-5-8(14)3-4-11(10)19-12/h3-5,7H,6H2,1-2H3,(H,15,16,17). The minimum Gasteiger partial charge on any atom is -0.423 e. The molecular formula is C13H13ClN4OS. The van der Waals surface area contributed by atoms with Crippen LogP contribution in [-0.2, 0) is 6.54 Å². The van der Waals surface area contributed by atoms with Crippen LogP contribution >= 0.6 is 22.9 Å². The third-order valence-electron chi connectivity index (χ3n) is 2.59. The van der Waals surface area contributed by atoms with Gasteiger partial charge < -0.3 is 9.32 Å². The number of halogens is 1. The van der Waals surface area contributed by atoms with Gasteiger partial charge in [0, 0.05) is 16.9 Å². The van der Waals surface area contributed by atoms with Gasteiger partial charge in [0.1, 0.15) is 5.52 Å². The summed E-state index contributed by atoms with van der Waals surface area (Å²) in [5.41, 5.74) is 2.44. The highest BCUT2D eigenvalue weighted by molar-refractivity contribution is 7.13. The number of fused-ring (bicyclic) bond motifs is 1. The number of aromatic nitrogens is 2. The monoisotopic (exact) mass is 308 g/mol. The lowest BCUT2D eigenvalue weighted by Gasteiger charge is -2.05. The summed E-state index contributed by atoms with van der Waals surface area (Å²) in [7, 11) is 4.02. The van der Waals surface area contributed by atoms with E-state index in [2.05, 4.69) is 20.2 Å². The number of rotatable bonds is 4. The molecule has 1 aromatic carbocycles. The van der Waals surface area contributed by atoms with Gasteiger partial charge in [-0.25, -0.2) is 4.98 Å². The van der Waals surface area contributed by atoms with Gasteiger partial charge in [0.15, 0.2) is 10.7 Å². The van der Waals surface area contributed by atoms with Gasteiger partial charge >= 0.3 is 6.01 Å². The van der Waals surface area contributed by atoms with Crippen molar-refractivity contribution in [1.82, 2.24) is 14.9 Å². The number of hydrogen-bond donors (Lipinski definition) is 1. The second kappa shape index (κ2) is 5.40. The van der Waals surface area contributed by atoms with Crippen molar-refractivity contribution >= 4 is 45.2 Å². The molecule has 0 atom stereocenters. The summed E-state index contributed by atoms with van der Waals surface area (Å²) in [5.74, 6) is 0. The van der Waals surface area contributed by atoms with Gasteiger partial charge in [-0.15, -0.1) is 11.3 Å². The van der Waals surface area contributed by atoms with Crippen LogP contribution in [0.5, 0.6) is 0 Å². The van der Waals surface area contributed by atoms with Gasteiger partial charge in [-0.2, -0.15) is 4.98 Å². The Morgan fingerprint density at radius 3 is 3.00 bits per heavy atom. The lowest BCUT2D eigenvalue weighted by Crippen LogP contribution is -2.10. The minimum absolute atomic E-state index is 0.424. The van der Waals surface area contributed by atoms with Crippen molar-refractivity contribution in [3.8, 4) is 0 Å². The molecule has 2 aromatic heterocycles. The summed E-state index contributed by atoms with van der Waals surface area (Å²) in [6.07, 6.45) is 0. The minimum atomic E-state index is 0.424. The SMILES string of the molecule is CN(C)Cc1csc(Nc2nc3cc(Cl)ccc3o2)n1. The van der Waals surface area contributed by atoms with Gasteiger partial charge in [-0.3, -0.25) is 5.32 Å². The number of hydrogen-bond acceptors (Lipinski definition) is 6. The summed E-state index contributed by atoms with van der Waals surface area (Å²) in [5, 5.41) is 6.49. The largest absolute Gasteiger partial charge is 0.423 e.